The Morgan fingerprint density at radius 1 is 0.968 bits per heavy atom. The largest absolute Gasteiger partial charge is 0.383 e. The fraction of sp³-hybridized carbons (Fsp3) is 0.167. The number of amides is 1. The van der Waals surface area contributed by atoms with Crippen molar-refractivity contribution >= 4 is 51.8 Å². The van der Waals surface area contributed by atoms with Gasteiger partial charge in [-0.3, -0.25) is 9.69 Å². The van der Waals surface area contributed by atoms with Gasteiger partial charge in [-0.2, -0.15) is 0 Å². The molecule has 1 amide bonds. The standard InChI is InChI=1S/C24H21N3O2S2/c1-29-15-14-26-18-9-3-2-8-17(18)25-24(26)30-16-23(28)27-19-10-4-6-12-21(19)31-22-13-7-5-11-20(22)27/h2-13H,14-16H2,1H3. The summed E-state index contributed by atoms with van der Waals surface area (Å²) in [5, 5.41) is 0.833. The van der Waals surface area contributed by atoms with Crippen LogP contribution < -0.4 is 4.90 Å². The molecule has 0 radical (unpaired) electrons. The second-order valence-corrected chi connectivity index (χ2v) is 9.11. The van der Waals surface area contributed by atoms with Crippen molar-refractivity contribution in [3.63, 3.8) is 0 Å². The van der Waals surface area contributed by atoms with Crippen LogP contribution in [0.15, 0.2) is 87.7 Å². The maximum atomic E-state index is 13.5. The van der Waals surface area contributed by atoms with E-state index in [1.807, 2.05) is 59.5 Å². The smallest absolute Gasteiger partial charge is 0.242 e. The highest BCUT2D eigenvalue weighted by Crippen LogP contribution is 2.48. The Balaban J connectivity index is 1.44. The third kappa shape index (κ3) is 3.84. The number of carbonyl (C=O) groups is 1. The van der Waals surface area contributed by atoms with E-state index in [-0.39, 0.29) is 5.91 Å². The Kier molecular flexibility index (Phi) is 5.72. The number of para-hydroxylation sites is 4. The minimum atomic E-state index is 0.0375. The van der Waals surface area contributed by atoms with Crippen LogP contribution in [0.1, 0.15) is 0 Å². The summed E-state index contributed by atoms with van der Waals surface area (Å²) in [5.74, 6) is 0.333. The molecule has 1 aliphatic rings. The summed E-state index contributed by atoms with van der Waals surface area (Å²) in [5.41, 5.74) is 3.85. The maximum Gasteiger partial charge on any atom is 0.242 e. The van der Waals surface area contributed by atoms with Crippen LogP contribution in [0.4, 0.5) is 11.4 Å². The molecule has 1 aliphatic heterocycles. The summed E-state index contributed by atoms with van der Waals surface area (Å²) >= 11 is 3.17. The fourth-order valence-corrected chi connectivity index (χ4v) is 5.67. The number of hydrogen-bond donors (Lipinski definition) is 0. The SMILES string of the molecule is COCCn1c(SCC(=O)N2c3ccccc3Sc3ccccc32)nc2ccccc21. The molecule has 0 N–H and O–H groups in total. The zero-order valence-corrected chi connectivity index (χ0v) is 18.7. The third-order valence-corrected chi connectivity index (χ3v) is 7.24. The number of hydrogen-bond acceptors (Lipinski definition) is 5. The Morgan fingerprint density at radius 2 is 1.61 bits per heavy atom. The lowest BCUT2D eigenvalue weighted by Crippen LogP contribution is -2.30. The average Bonchev–Trinajstić information content (AvgIpc) is 3.17. The van der Waals surface area contributed by atoms with Gasteiger partial charge in [0.2, 0.25) is 5.91 Å². The minimum Gasteiger partial charge on any atom is -0.383 e. The van der Waals surface area contributed by atoms with Crippen LogP contribution in [-0.4, -0.2) is 34.9 Å². The molecule has 0 unspecified atom stereocenters. The number of anilines is 2. The number of fused-ring (bicyclic) bond motifs is 3. The van der Waals surface area contributed by atoms with Crippen molar-refractivity contribution in [2.75, 3.05) is 24.4 Å². The van der Waals surface area contributed by atoms with Gasteiger partial charge in [-0.1, -0.05) is 59.9 Å². The van der Waals surface area contributed by atoms with E-state index in [1.165, 1.54) is 11.8 Å². The van der Waals surface area contributed by atoms with E-state index in [0.29, 0.717) is 18.9 Å². The molecule has 156 valence electrons. The van der Waals surface area contributed by atoms with Crippen molar-refractivity contribution in [1.82, 2.24) is 9.55 Å². The first-order chi connectivity index (χ1) is 15.3. The molecular weight excluding hydrogens is 426 g/mol. The predicted molar refractivity (Wildman–Crippen MR) is 126 cm³/mol. The zero-order valence-electron chi connectivity index (χ0n) is 17.0. The third-order valence-electron chi connectivity index (χ3n) is 5.14. The Hall–Kier alpha value is -2.74. The molecule has 0 saturated carbocycles. The Morgan fingerprint density at radius 3 is 2.32 bits per heavy atom. The molecule has 5 rings (SSSR count). The van der Waals surface area contributed by atoms with E-state index in [4.69, 9.17) is 9.72 Å². The first kappa shape index (κ1) is 20.2. The lowest BCUT2D eigenvalue weighted by molar-refractivity contribution is -0.115. The summed E-state index contributed by atoms with van der Waals surface area (Å²) in [6.45, 7) is 1.28. The molecule has 0 fully saturated rings. The Labute approximate surface area is 189 Å². The van der Waals surface area contributed by atoms with Gasteiger partial charge in [0.1, 0.15) is 0 Å². The van der Waals surface area contributed by atoms with E-state index >= 15 is 0 Å². The maximum absolute atomic E-state index is 13.5. The van der Waals surface area contributed by atoms with Crippen molar-refractivity contribution in [2.24, 2.45) is 0 Å². The normalized spacial score (nSPS) is 12.6. The van der Waals surface area contributed by atoms with Gasteiger partial charge in [0.25, 0.3) is 0 Å². The lowest BCUT2D eigenvalue weighted by atomic mass is 10.2. The molecule has 7 heteroatoms. The number of thioether (sulfide) groups is 1. The van der Waals surface area contributed by atoms with Gasteiger partial charge in [0.15, 0.2) is 5.16 Å². The van der Waals surface area contributed by atoms with E-state index in [9.17, 15) is 4.79 Å². The lowest BCUT2D eigenvalue weighted by Gasteiger charge is -2.30. The van der Waals surface area contributed by atoms with Crippen LogP contribution in [-0.2, 0) is 16.1 Å². The highest BCUT2D eigenvalue weighted by atomic mass is 32.2. The highest BCUT2D eigenvalue weighted by molar-refractivity contribution is 8.00. The van der Waals surface area contributed by atoms with Crippen molar-refractivity contribution < 1.29 is 9.53 Å². The topological polar surface area (TPSA) is 47.4 Å². The number of benzene rings is 3. The molecular formula is C24H21N3O2S2. The summed E-state index contributed by atoms with van der Waals surface area (Å²) in [6, 6.07) is 24.2. The highest BCUT2D eigenvalue weighted by Gasteiger charge is 2.28. The van der Waals surface area contributed by atoms with Gasteiger partial charge in [-0.15, -0.1) is 0 Å². The molecule has 0 atom stereocenters. The summed E-state index contributed by atoms with van der Waals surface area (Å²) in [4.78, 5) is 22.3. The Bertz CT molecular complexity index is 1210. The number of ether oxygens (including phenoxy) is 1. The molecule has 0 bridgehead atoms. The monoisotopic (exact) mass is 447 g/mol. The van der Waals surface area contributed by atoms with Crippen LogP contribution in [0.5, 0.6) is 0 Å². The molecule has 1 aromatic heterocycles. The van der Waals surface area contributed by atoms with E-state index in [2.05, 4.69) is 22.8 Å². The molecule has 0 saturated heterocycles. The van der Waals surface area contributed by atoms with Gasteiger partial charge in [0.05, 0.1) is 34.8 Å². The number of carbonyl (C=O) groups excluding carboxylic acids is 1. The van der Waals surface area contributed by atoms with Gasteiger partial charge < -0.3 is 9.30 Å². The number of methoxy groups -OCH3 is 1. The molecule has 2 heterocycles. The van der Waals surface area contributed by atoms with Crippen molar-refractivity contribution in [1.29, 1.82) is 0 Å². The number of nitrogens with zero attached hydrogens (tertiary/aromatic N) is 3. The van der Waals surface area contributed by atoms with Crippen LogP contribution in [0.3, 0.4) is 0 Å². The quantitative estimate of drug-likeness (QED) is 0.360. The summed E-state index contributed by atoms with van der Waals surface area (Å²) in [7, 11) is 1.69. The number of rotatable bonds is 6. The van der Waals surface area contributed by atoms with E-state index in [0.717, 1.165) is 37.4 Å². The van der Waals surface area contributed by atoms with Crippen molar-refractivity contribution in [3.05, 3.63) is 72.8 Å². The van der Waals surface area contributed by atoms with Crippen LogP contribution >= 0.6 is 23.5 Å². The predicted octanol–water partition coefficient (Wildman–Crippen LogP) is 5.60. The van der Waals surface area contributed by atoms with Gasteiger partial charge in [0, 0.05) is 23.4 Å². The van der Waals surface area contributed by atoms with E-state index < -0.39 is 0 Å². The fourth-order valence-electron chi connectivity index (χ4n) is 3.73. The second-order valence-electron chi connectivity index (χ2n) is 7.08. The molecule has 31 heavy (non-hydrogen) atoms. The van der Waals surface area contributed by atoms with Crippen LogP contribution in [0, 0.1) is 0 Å². The van der Waals surface area contributed by atoms with Gasteiger partial charge >= 0.3 is 0 Å². The molecule has 5 nitrogen and oxygen atoms in total. The molecule has 4 aromatic rings. The van der Waals surface area contributed by atoms with Crippen molar-refractivity contribution in [2.45, 2.75) is 21.5 Å². The first-order valence-electron chi connectivity index (χ1n) is 10.0. The van der Waals surface area contributed by atoms with Crippen molar-refractivity contribution in [3.8, 4) is 0 Å². The van der Waals surface area contributed by atoms with E-state index in [1.54, 1.807) is 18.9 Å². The first-order valence-corrected chi connectivity index (χ1v) is 11.8. The van der Waals surface area contributed by atoms with Gasteiger partial charge in [-0.05, 0) is 36.4 Å². The van der Waals surface area contributed by atoms with Crippen LogP contribution in [0.2, 0.25) is 0 Å². The number of imidazole rings is 1. The van der Waals surface area contributed by atoms with Crippen LogP contribution in [0.25, 0.3) is 11.0 Å². The van der Waals surface area contributed by atoms with Gasteiger partial charge in [-0.25, -0.2) is 4.98 Å². The summed E-state index contributed by atoms with van der Waals surface area (Å²) in [6.07, 6.45) is 0. The second kappa shape index (κ2) is 8.78. The summed E-state index contributed by atoms with van der Waals surface area (Å²) < 4.78 is 7.41. The molecule has 0 spiro atoms. The zero-order chi connectivity index (χ0) is 21.2. The average molecular weight is 448 g/mol. The molecule has 0 aliphatic carbocycles. The molecule has 3 aromatic carbocycles. The minimum absolute atomic E-state index is 0.0375. The number of aromatic nitrogens is 2.